The summed E-state index contributed by atoms with van der Waals surface area (Å²) in [6.45, 7) is 8.71. The Morgan fingerprint density at radius 2 is 1.78 bits per heavy atom. The Morgan fingerprint density at radius 1 is 1.11 bits per heavy atom. The van der Waals surface area contributed by atoms with Crippen molar-refractivity contribution < 1.29 is 19.4 Å². The number of hydrogen-bond donors (Lipinski definition) is 1. The fourth-order valence-electron chi connectivity index (χ4n) is 9.22. The molecule has 0 aliphatic heterocycles. The molecule has 1 N–H and O–H groups in total. The van der Waals surface area contributed by atoms with Crippen LogP contribution in [-0.4, -0.2) is 23.7 Å². The van der Waals surface area contributed by atoms with Gasteiger partial charge in [-0.25, -0.2) is 0 Å². The molecular weight excluding hydrogens is 450 g/mol. The van der Waals surface area contributed by atoms with Crippen molar-refractivity contribution >= 4 is 11.9 Å². The number of ether oxygens (including phenoxy) is 1. The molecule has 5 nitrogen and oxygen atoms in total. The van der Waals surface area contributed by atoms with Crippen LogP contribution in [0.25, 0.3) is 0 Å². The minimum atomic E-state index is -1.25. The summed E-state index contributed by atoms with van der Waals surface area (Å²) in [5.41, 5.74) is -1.96. The lowest BCUT2D eigenvalue weighted by molar-refractivity contribution is -0.183. The molecular formula is C31H47NO4. The molecule has 5 heteroatoms. The Bertz CT molecular complexity index is 918. The molecule has 4 rings (SSSR count). The average Bonchev–Trinajstić information content (AvgIpc) is 3.42. The van der Waals surface area contributed by atoms with E-state index < -0.39 is 22.2 Å². The number of unbranched alkanes of at least 4 members (excludes halogenated alkanes) is 7. The van der Waals surface area contributed by atoms with Crippen molar-refractivity contribution in [1.29, 1.82) is 5.26 Å². The number of nitrogens with zero attached hydrogens (tertiary/aromatic N) is 1. The standard InChI is InChI=1S/C31H47NO4/c1-5-6-7-8-9-10-11-12-13-27(33)36-20-30-18-24-22(4)14-15-25(24)29(19-32)17-23(30)16-26(21(2)3)31(29,30)28(34)35/h16,21-25H,5-15,17-18,20H2,1-4H3,(H,34,35)/t22-,23+,24-,25-,29+,30+,31+/m0/s1. The van der Waals surface area contributed by atoms with Crippen molar-refractivity contribution in [1.82, 2.24) is 0 Å². The van der Waals surface area contributed by atoms with Gasteiger partial charge >= 0.3 is 11.9 Å². The molecule has 4 aliphatic rings. The monoisotopic (exact) mass is 497 g/mol. The van der Waals surface area contributed by atoms with Gasteiger partial charge in [-0.05, 0) is 55.3 Å². The molecule has 0 aromatic heterocycles. The maximum atomic E-state index is 13.4. The van der Waals surface area contributed by atoms with E-state index in [1.54, 1.807) is 0 Å². The number of esters is 1. The lowest BCUT2D eigenvalue weighted by Crippen LogP contribution is -2.62. The summed E-state index contributed by atoms with van der Waals surface area (Å²) in [6, 6.07) is 2.66. The number of aliphatic carboxylic acids is 1. The molecule has 0 heterocycles. The average molecular weight is 498 g/mol. The van der Waals surface area contributed by atoms with Gasteiger partial charge in [0.1, 0.15) is 5.41 Å². The molecule has 0 radical (unpaired) electrons. The lowest BCUT2D eigenvalue weighted by atomic mass is 9.43. The third kappa shape index (κ3) is 3.84. The Kier molecular flexibility index (Phi) is 7.94. The van der Waals surface area contributed by atoms with E-state index in [1.807, 2.05) is 0 Å². The minimum Gasteiger partial charge on any atom is -0.481 e. The Balaban J connectivity index is 1.50. The highest BCUT2D eigenvalue weighted by atomic mass is 16.5. The van der Waals surface area contributed by atoms with Gasteiger partial charge in [0.25, 0.3) is 0 Å². The van der Waals surface area contributed by atoms with Crippen molar-refractivity contribution in [2.45, 2.75) is 111 Å². The summed E-state index contributed by atoms with van der Waals surface area (Å²) in [7, 11) is 0. The fraction of sp³-hybridized carbons (Fsp3) is 0.839. The zero-order valence-corrected chi connectivity index (χ0v) is 23.0. The molecule has 0 amide bonds. The Labute approximate surface area is 218 Å². The van der Waals surface area contributed by atoms with Crippen LogP contribution in [0.4, 0.5) is 0 Å². The van der Waals surface area contributed by atoms with E-state index in [0.29, 0.717) is 24.7 Å². The van der Waals surface area contributed by atoms with E-state index in [-0.39, 0.29) is 30.3 Å². The molecule has 4 aliphatic carbocycles. The van der Waals surface area contributed by atoms with Crippen LogP contribution in [0.15, 0.2) is 11.6 Å². The fourth-order valence-corrected chi connectivity index (χ4v) is 9.22. The van der Waals surface area contributed by atoms with Crippen LogP contribution < -0.4 is 0 Å². The lowest BCUT2D eigenvalue weighted by Gasteiger charge is -2.57. The summed E-state index contributed by atoms with van der Waals surface area (Å²) < 4.78 is 5.97. The molecule has 0 spiro atoms. The third-order valence-electron chi connectivity index (χ3n) is 10.8. The predicted molar refractivity (Wildman–Crippen MR) is 140 cm³/mol. The van der Waals surface area contributed by atoms with Crippen LogP contribution in [0.1, 0.15) is 111 Å². The van der Waals surface area contributed by atoms with Gasteiger partial charge in [0.15, 0.2) is 0 Å². The normalized spacial score (nSPS) is 38.1. The number of hydrogen-bond acceptors (Lipinski definition) is 4. The van der Waals surface area contributed by atoms with E-state index in [4.69, 9.17) is 4.74 Å². The van der Waals surface area contributed by atoms with Gasteiger partial charge in [-0.15, -0.1) is 0 Å². The third-order valence-corrected chi connectivity index (χ3v) is 10.8. The van der Waals surface area contributed by atoms with Gasteiger partial charge < -0.3 is 9.84 Å². The Hall–Kier alpha value is -1.83. The summed E-state index contributed by atoms with van der Waals surface area (Å²) in [5.74, 6) is -0.142. The van der Waals surface area contributed by atoms with E-state index in [9.17, 15) is 20.0 Å². The molecule has 7 atom stereocenters. The maximum absolute atomic E-state index is 13.4. The predicted octanol–water partition coefficient (Wildman–Crippen LogP) is 7.31. The number of carbonyl (C=O) groups is 2. The van der Waals surface area contributed by atoms with Crippen LogP contribution in [-0.2, 0) is 14.3 Å². The second-order valence-corrected chi connectivity index (χ2v) is 12.8. The van der Waals surface area contributed by atoms with Gasteiger partial charge in [0, 0.05) is 11.8 Å². The van der Waals surface area contributed by atoms with Crippen LogP contribution in [0.3, 0.4) is 0 Å². The van der Waals surface area contributed by atoms with Crippen molar-refractivity contribution in [3.05, 3.63) is 11.6 Å². The van der Waals surface area contributed by atoms with Gasteiger partial charge in [-0.2, -0.15) is 5.26 Å². The van der Waals surface area contributed by atoms with Crippen molar-refractivity contribution in [3.63, 3.8) is 0 Å². The highest BCUT2D eigenvalue weighted by Gasteiger charge is 2.85. The molecule has 0 saturated heterocycles. The van der Waals surface area contributed by atoms with Crippen LogP contribution >= 0.6 is 0 Å². The first-order chi connectivity index (χ1) is 17.2. The van der Waals surface area contributed by atoms with Crippen LogP contribution in [0.2, 0.25) is 0 Å². The number of carboxylic acids is 1. The number of allylic oxidation sites excluding steroid dienone is 1. The second kappa shape index (κ2) is 10.5. The van der Waals surface area contributed by atoms with Crippen molar-refractivity contribution in [3.8, 4) is 6.07 Å². The van der Waals surface area contributed by atoms with Gasteiger partial charge in [-0.1, -0.05) is 90.7 Å². The smallest absolute Gasteiger partial charge is 0.316 e. The topological polar surface area (TPSA) is 87.4 Å². The molecule has 0 unspecified atom stereocenters. The first kappa shape index (κ1) is 27.2. The number of fused-ring (bicyclic) bond motifs is 2. The highest BCUT2D eigenvalue weighted by Crippen LogP contribution is 2.83. The maximum Gasteiger partial charge on any atom is 0.316 e. The van der Waals surface area contributed by atoms with Gasteiger partial charge in [0.2, 0.25) is 0 Å². The molecule has 36 heavy (non-hydrogen) atoms. The number of carbonyl (C=O) groups excluding carboxylic acids is 1. The molecule has 200 valence electrons. The summed E-state index contributed by atoms with van der Waals surface area (Å²) in [4.78, 5) is 26.2. The quantitative estimate of drug-likeness (QED) is 0.164. The van der Waals surface area contributed by atoms with Crippen molar-refractivity contribution in [2.75, 3.05) is 6.61 Å². The SMILES string of the molecule is CCCCCCCCCCC(=O)OC[C@]12C[C@H]3[C@@H](C)CC[C@@H]3[C@]3(C#N)C[C@H]1C=C(C(C)C)[C@]23C(=O)O. The van der Waals surface area contributed by atoms with Crippen molar-refractivity contribution in [2.24, 2.45) is 45.8 Å². The first-order valence-corrected chi connectivity index (χ1v) is 14.7. The molecule has 3 fully saturated rings. The van der Waals surface area contributed by atoms with E-state index in [0.717, 1.165) is 44.1 Å². The number of carboxylic acid groups (broad SMARTS) is 1. The zero-order chi connectivity index (χ0) is 26.1. The molecule has 4 bridgehead atoms. The van der Waals surface area contributed by atoms with Gasteiger partial charge in [0.05, 0.1) is 18.1 Å². The molecule has 0 aromatic carbocycles. The summed E-state index contributed by atoms with van der Waals surface area (Å²) >= 11 is 0. The number of rotatable bonds is 13. The van der Waals surface area contributed by atoms with Crippen LogP contribution in [0.5, 0.6) is 0 Å². The summed E-state index contributed by atoms with van der Waals surface area (Å²) in [6.07, 6.45) is 15.2. The zero-order valence-electron chi connectivity index (χ0n) is 23.0. The Morgan fingerprint density at radius 3 is 2.39 bits per heavy atom. The highest BCUT2D eigenvalue weighted by molar-refractivity contribution is 5.85. The first-order valence-electron chi connectivity index (χ1n) is 14.7. The van der Waals surface area contributed by atoms with E-state index >= 15 is 0 Å². The van der Waals surface area contributed by atoms with E-state index in [2.05, 4.69) is 39.8 Å². The van der Waals surface area contributed by atoms with Gasteiger partial charge in [-0.3, -0.25) is 9.59 Å². The van der Waals surface area contributed by atoms with E-state index in [1.165, 1.54) is 32.1 Å². The number of nitriles is 1. The second-order valence-electron chi connectivity index (χ2n) is 12.8. The summed E-state index contributed by atoms with van der Waals surface area (Å²) in [5, 5.41) is 21.7. The van der Waals surface area contributed by atoms with Crippen LogP contribution in [0, 0.1) is 57.2 Å². The largest absolute Gasteiger partial charge is 0.481 e. The minimum absolute atomic E-state index is 0.0145. The molecule has 3 saturated carbocycles. The molecule has 0 aromatic rings.